The van der Waals surface area contributed by atoms with E-state index in [0.717, 1.165) is 0 Å². The van der Waals surface area contributed by atoms with Crippen molar-refractivity contribution in [1.82, 2.24) is 25.8 Å². The number of fused-ring (bicyclic) bond motifs is 1. The number of hydrogen-bond donors (Lipinski definition) is 5. The molecular weight excluding hydrogens is 462 g/mol. The van der Waals surface area contributed by atoms with Crippen LogP contribution in [0.4, 0.5) is 0 Å². The van der Waals surface area contributed by atoms with Crippen LogP contribution in [0.15, 0.2) is 10.6 Å². The predicted octanol–water partition coefficient (Wildman–Crippen LogP) is -1.46. The molecule has 3 saturated heterocycles. The molecule has 0 bridgehead atoms. The number of β-amino-alcohol motifs (C(OH)–C–C–N with tert-alkyl or cyclic N) is 1. The summed E-state index contributed by atoms with van der Waals surface area (Å²) in [5, 5.41) is 28.5. The molecule has 0 radical (unpaired) electrons. The van der Waals surface area contributed by atoms with Crippen LogP contribution in [0.1, 0.15) is 26.7 Å². The molecule has 11 nitrogen and oxygen atoms in total. The summed E-state index contributed by atoms with van der Waals surface area (Å²) >= 11 is 1.43. The van der Waals surface area contributed by atoms with Gasteiger partial charge in [0.15, 0.2) is 0 Å². The van der Waals surface area contributed by atoms with E-state index in [1.165, 1.54) is 16.7 Å². The molecule has 7 atom stereocenters. The van der Waals surface area contributed by atoms with E-state index in [-0.39, 0.29) is 53.2 Å². The first kappa shape index (κ1) is 25.0. The minimum absolute atomic E-state index is 0.00622. The van der Waals surface area contributed by atoms with Crippen molar-refractivity contribution in [2.24, 2.45) is 11.8 Å². The van der Waals surface area contributed by atoms with Crippen molar-refractivity contribution >= 4 is 35.5 Å². The first-order valence-electron chi connectivity index (χ1n) is 11.7. The van der Waals surface area contributed by atoms with Crippen LogP contribution in [0.25, 0.3) is 0 Å². The summed E-state index contributed by atoms with van der Waals surface area (Å²) in [5.41, 5.74) is 0.0231. The van der Waals surface area contributed by atoms with E-state index in [4.69, 9.17) is 0 Å². The highest BCUT2D eigenvalue weighted by atomic mass is 32.2. The van der Waals surface area contributed by atoms with Crippen LogP contribution in [0, 0.1) is 11.8 Å². The lowest BCUT2D eigenvalue weighted by Gasteiger charge is -2.47. The van der Waals surface area contributed by atoms with Crippen LogP contribution in [0.5, 0.6) is 0 Å². The van der Waals surface area contributed by atoms with Crippen LogP contribution in [-0.4, -0.2) is 106 Å². The molecule has 3 fully saturated rings. The summed E-state index contributed by atoms with van der Waals surface area (Å²) in [6, 6.07) is -1.09. The van der Waals surface area contributed by atoms with Gasteiger partial charge in [-0.25, -0.2) is 4.79 Å². The van der Waals surface area contributed by atoms with Crippen molar-refractivity contribution in [3.8, 4) is 0 Å². The van der Waals surface area contributed by atoms with Crippen molar-refractivity contribution in [3.05, 3.63) is 10.6 Å². The minimum atomic E-state index is -1.14. The Hall–Kier alpha value is -2.15. The summed E-state index contributed by atoms with van der Waals surface area (Å²) in [5.74, 6) is -2.35. The molecule has 0 aliphatic carbocycles. The van der Waals surface area contributed by atoms with E-state index in [1.54, 1.807) is 18.9 Å². The molecule has 4 aliphatic rings. The number of thioether (sulfide) groups is 1. The number of carboxylic acids is 1. The smallest absolute Gasteiger partial charge is 0.353 e. The largest absolute Gasteiger partial charge is 0.477 e. The SMILES string of the molecule is CNCC(=O)N[C@H](C)[C@H]1C(=O)N2C(C(=O)O)=C(S[C@@H]3CN[C@H](C(=O)N4CC[C@@H](O)C4)C3)[C@H](C)[C@H]12. The van der Waals surface area contributed by atoms with E-state index >= 15 is 0 Å². The molecule has 3 amide bonds. The molecule has 0 saturated carbocycles. The molecule has 4 heterocycles. The predicted molar refractivity (Wildman–Crippen MR) is 124 cm³/mol. The van der Waals surface area contributed by atoms with Gasteiger partial charge in [0.1, 0.15) is 5.70 Å². The number of β-lactam (4-membered cyclic amide) rings is 1. The third-order valence-electron chi connectivity index (χ3n) is 7.21. The highest BCUT2D eigenvalue weighted by molar-refractivity contribution is 8.03. The molecule has 0 aromatic rings. The van der Waals surface area contributed by atoms with Crippen LogP contribution >= 0.6 is 11.8 Å². The zero-order valence-electron chi connectivity index (χ0n) is 19.6. The molecule has 4 aliphatic heterocycles. The van der Waals surface area contributed by atoms with Gasteiger partial charge in [-0.3, -0.25) is 14.4 Å². The van der Waals surface area contributed by atoms with E-state index in [2.05, 4.69) is 16.0 Å². The molecule has 12 heteroatoms. The van der Waals surface area contributed by atoms with E-state index in [9.17, 15) is 29.4 Å². The van der Waals surface area contributed by atoms with Gasteiger partial charge < -0.3 is 36.0 Å². The number of nitrogens with one attached hydrogen (secondary N) is 3. The molecule has 5 N–H and O–H groups in total. The average Bonchev–Trinajstić information content (AvgIpc) is 3.46. The number of aliphatic hydroxyl groups excluding tert-OH is 1. The zero-order chi connectivity index (χ0) is 24.7. The summed E-state index contributed by atoms with van der Waals surface area (Å²) in [6.45, 7) is 5.29. The van der Waals surface area contributed by atoms with Crippen molar-refractivity contribution in [3.63, 3.8) is 0 Å². The zero-order valence-corrected chi connectivity index (χ0v) is 20.4. The Bertz CT molecular complexity index is 912. The molecule has 0 spiro atoms. The van der Waals surface area contributed by atoms with Gasteiger partial charge in [-0.2, -0.15) is 0 Å². The van der Waals surface area contributed by atoms with E-state index < -0.39 is 24.0 Å². The van der Waals surface area contributed by atoms with Gasteiger partial charge in [-0.05, 0) is 26.8 Å². The third-order valence-corrected chi connectivity index (χ3v) is 8.72. The maximum atomic E-state index is 13.0. The van der Waals surface area contributed by atoms with Crippen LogP contribution < -0.4 is 16.0 Å². The Morgan fingerprint density at radius 2 is 2.06 bits per heavy atom. The number of amides is 3. The second kappa shape index (κ2) is 9.84. The molecule has 188 valence electrons. The fourth-order valence-corrected chi connectivity index (χ4v) is 7.05. The highest BCUT2D eigenvalue weighted by Crippen LogP contribution is 2.51. The monoisotopic (exact) mass is 495 g/mol. The number of carbonyl (C=O) groups excluding carboxylic acids is 3. The molecule has 0 unspecified atom stereocenters. The Kier molecular flexibility index (Phi) is 7.22. The second-order valence-electron chi connectivity index (χ2n) is 9.58. The molecular formula is C22H33N5O6S. The molecule has 0 aromatic heterocycles. The minimum Gasteiger partial charge on any atom is -0.477 e. The van der Waals surface area contributed by atoms with Gasteiger partial charge in [0, 0.05) is 41.7 Å². The normalized spacial score (nSPS) is 33.7. The summed E-state index contributed by atoms with van der Waals surface area (Å²) in [7, 11) is 1.66. The quantitative estimate of drug-likeness (QED) is 0.255. The first-order valence-corrected chi connectivity index (χ1v) is 12.6. The van der Waals surface area contributed by atoms with Crippen molar-refractivity contribution < 1.29 is 29.4 Å². The highest BCUT2D eigenvalue weighted by Gasteiger charge is 2.60. The lowest BCUT2D eigenvalue weighted by Crippen LogP contribution is -2.66. The van der Waals surface area contributed by atoms with Crippen LogP contribution in [0.3, 0.4) is 0 Å². The maximum absolute atomic E-state index is 13.0. The fraction of sp³-hybridized carbons (Fsp3) is 0.727. The van der Waals surface area contributed by atoms with Gasteiger partial charge in [-0.15, -0.1) is 11.8 Å². The Balaban J connectivity index is 1.43. The number of aliphatic carboxylic acids is 1. The fourth-order valence-electron chi connectivity index (χ4n) is 5.58. The number of likely N-dealkylation sites (N-methyl/N-ethyl adjacent to an activating group) is 1. The Morgan fingerprint density at radius 1 is 1.32 bits per heavy atom. The van der Waals surface area contributed by atoms with Gasteiger partial charge in [0.2, 0.25) is 17.7 Å². The van der Waals surface area contributed by atoms with Crippen LogP contribution in [0.2, 0.25) is 0 Å². The number of rotatable bonds is 8. The van der Waals surface area contributed by atoms with Crippen molar-refractivity contribution in [2.45, 2.75) is 56.2 Å². The number of carboxylic acid groups (broad SMARTS) is 1. The standard InChI is InChI=1S/C22H33N5O6S/c1-10-17-16(11(2)25-15(29)8-23-3)21(31)27(17)18(22(32)33)19(10)34-13-6-14(24-7-13)20(30)26-5-4-12(28)9-26/h10-14,16-17,23-24,28H,4-9H2,1-3H3,(H,25,29)(H,32,33)/t10-,11-,12-,13+,14+,16-,17-/m1/s1. The number of aliphatic hydroxyl groups is 1. The molecule has 34 heavy (non-hydrogen) atoms. The Labute approximate surface area is 202 Å². The van der Waals surface area contributed by atoms with E-state index in [1.807, 2.05) is 6.92 Å². The number of likely N-dealkylation sites (tertiary alicyclic amines) is 1. The van der Waals surface area contributed by atoms with Gasteiger partial charge in [-0.1, -0.05) is 6.92 Å². The van der Waals surface area contributed by atoms with Gasteiger partial charge >= 0.3 is 5.97 Å². The average molecular weight is 496 g/mol. The first-order chi connectivity index (χ1) is 16.1. The van der Waals surface area contributed by atoms with Crippen molar-refractivity contribution in [2.75, 3.05) is 33.2 Å². The van der Waals surface area contributed by atoms with E-state index in [0.29, 0.717) is 37.4 Å². The number of nitrogens with zero attached hydrogens (tertiary/aromatic N) is 2. The van der Waals surface area contributed by atoms with Crippen LogP contribution in [-0.2, 0) is 19.2 Å². The summed E-state index contributed by atoms with van der Waals surface area (Å²) in [4.78, 5) is 53.5. The summed E-state index contributed by atoms with van der Waals surface area (Å²) in [6.07, 6.45) is 0.666. The topological polar surface area (TPSA) is 151 Å². The Morgan fingerprint density at radius 3 is 2.68 bits per heavy atom. The third kappa shape index (κ3) is 4.43. The molecule has 0 aromatic carbocycles. The second-order valence-corrected chi connectivity index (χ2v) is 10.9. The lowest BCUT2D eigenvalue weighted by molar-refractivity contribution is -0.158. The van der Waals surface area contributed by atoms with Gasteiger partial charge in [0.25, 0.3) is 0 Å². The summed E-state index contributed by atoms with van der Waals surface area (Å²) < 4.78 is 0. The lowest BCUT2D eigenvalue weighted by atomic mass is 9.78. The maximum Gasteiger partial charge on any atom is 0.353 e. The van der Waals surface area contributed by atoms with Crippen molar-refractivity contribution in [1.29, 1.82) is 0 Å². The number of hydrogen-bond acceptors (Lipinski definition) is 8. The molecule has 4 rings (SSSR count). The van der Waals surface area contributed by atoms with Gasteiger partial charge in [0.05, 0.1) is 30.7 Å². The number of carbonyl (C=O) groups is 4.